The molecule has 0 spiro atoms. The summed E-state index contributed by atoms with van der Waals surface area (Å²) in [6, 6.07) is 14.1. The summed E-state index contributed by atoms with van der Waals surface area (Å²) in [6.07, 6.45) is 5.55. The topological polar surface area (TPSA) is 93.1 Å². The molecule has 2 N–H and O–H groups in total. The van der Waals surface area contributed by atoms with Crippen molar-refractivity contribution in [3.63, 3.8) is 0 Å². The van der Waals surface area contributed by atoms with Crippen molar-refractivity contribution in [1.82, 2.24) is 15.1 Å². The van der Waals surface area contributed by atoms with Crippen molar-refractivity contribution < 1.29 is 17.6 Å². The third-order valence-corrected chi connectivity index (χ3v) is 8.02. The van der Waals surface area contributed by atoms with E-state index in [2.05, 4.69) is 15.7 Å². The van der Waals surface area contributed by atoms with Gasteiger partial charge in [-0.05, 0) is 61.2 Å². The molecule has 1 saturated heterocycles. The molecule has 2 aromatic carbocycles. The van der Waals surface area contributed by atoms with Crippen LogP contribution in [0.2, 0.25) is 0 Å². The van der Waals surface area contributed by atoms with Crippen LogP contribution in [-0.4, -0.2) is 47.7 Å². The predicted molar refractivity (Wildman–Crippen MR) is 138 cm³/mol. The number of rotatable bonds is 6. The predicted octanol–water partition coefficient (Wildman–Crippen LogP) is 4.13. The first-order chi connectivity index (χ1) is 15.9. The fourth-order valence-corrected chi connectivity index (χ4v) is 5.83. The third-order valence-electron chi connectivity index (χ3n) is 6.30. The molecule has 2 aliphatic rings. The summed E-state index contributed by atoms with van der Waals surface area (Å²) < 4.78 is 37.9. The van der Waals surface area contributed by atoms with Gasteiger partial charge in [0.1, 0.15) is 15.7 Å². The maximum atomic E-state index is 13.1. The lowest BCUT2D eigenvalue weighted by Crippen LogP contribution is -2.39. The van der Waals surface area contributed by atoms with Crippen molar-refractivity contribution in [3.8, 4) is 5.69 Å². The van der Waals surface area contributed by atoms with Gasteiger partial charge in [-0.25, -0.2) is 17.5 Å². The Kier molecular flexibility index (Phi) is 8.58. The number of halogens is 3. The fraction of sp³-hybridized carbons (Fsp3) is 0.333. The smallest absolute Gasteiger partial charge is 0.255 e. The van der Waals surface area contributed by atoms with Crippen LogP contribution in [0.3, 0.4) is 0 Å². The molecule has 0 unspecified atom stereocenters. The molecule has 1 aliphatic carbocycles. The molecule has 1 amide bonds. The number of carbonyl (C=O) groups is 1. The Hall–Kier alpha value is -2.46. The maximum absolute atomic E-state index is 13.1. The van der Waals surface area contributed by atoms with E-state index in [0.29, 0.717) is 41.7 Å². The van der Waals surface area contributed by atoms with Crippen LogP contribution in [0, 0.1) is 5.82 Å². The van der Waals surface area contributed by atoms with Gasteiger partial charge in [-0.2, -0.15) is 5.10 Å². The monoisotopic (exact) mass is 540 g/mol. The second-order valence-corrected chi connectivity index (χ2v) is 11.1. The molecular formula is C24H27Cl2FN4O3S. The lowest BCUT2D eigenvalue weighted by molar-refractivity contribution is 0.102. The van der Waals surface area contributed by atoms with Crippen LogP contribution in [0.5, 0.6) is 0 Å². The second-order valence-electron chi connectivity index (χ2n) is 8.77. The van der Waals surface area contributed by atoms with E-state index in [1.165, 1.54) is 12.1 Å². The average Bonchev–Trinajstić information content (AvgIpc) is 3.42. The fourth-order valence-electron chi connectivity index (χ4n) is 4.34. The van der Waals surface area contributed by atoms with Crippen LogP contribution < -0.4 is 10.6 Å². The summed E-state index contributed by atoms with van der Waals surface area (Å²) in [4.78, 5) is 12.8. The summed E-state index contributed by atoms with van der Waals surface area (Å²) >= 11 is 0. The molecule has 5 rings (SSSR count). The lowest BCUT2D eigenvalue weighted by Gasteiger charge is -2.23. The van der Waals surface area contributed by atoms with Crippen molar-refractivity contribution in [2.75, 3.05) is 16.8 Å². The van der Waals surface area contributed by atoms with Gasteiger partial charge in [0, 0.05) is 23.6 Å². The molecule has 2 atom stereocenters. The number of hydrogen-bond donors (Lipinski definition) is 2. The third kappa shape index (κ3) is 6.61. The van der Waals surface area contributed by atoms with Crippen molar-refractivity contribution in [2.45, 2.75) is 37.3 Å². The lowest BCUT2D eigenvalue weighted by atomic mass is 10.1. The van der Waals surface area contributed by atoms with Crippen LogP contribution in [0.15, 0.2) is 60.9 Å². The van der Waals surface area contributed by atoms with Crippen LogP contribution in [0.4, 0.5) is 10.1 Å². The van der Waals surface area contributed by atoms with Crippen molar-refractivity contribution in [1.29, 1.82) is 0 Å². The highest BCUT2D eigenvalue weighted by Crippen LogP contribution is 2.41. The number of amides is 1. The SMILES string of the molecule is Cl.Cl.O=C(Nc1cnn(-c2ccc(F)cc2)c1)c1cccc([C@@H]2C[C@H]2NC2CCS(=O)(=O)CC2)c1. The van der Waals surface area contributed by atoms with Crippen LogP contribution >= 0.6 is 24.8 Å². The van der Waals surface area contributed by atoms with E-state index < -0.39 is 9.84 Å². The first-order valence-corrected chi connectivity index (χ1v) is 12.9. The van der Waals surface area contributed by atoms with E-state index in [1.54, 1.807) is 35.3 Å². The number of carbonyl (C=O) groups excluding carboxylic acids is 1. The van der Waals surface area contributed by atoms with Crippen molar-refractivity contribution in [3.05, 3.63) is 77.9 Å². The van der Waals surface area contributed by atoms with Gasteiger partial charge in [0.05, 0.1) is 35.3 Å². The molecule has 1 aliphatic heterocycles. The van der Waals surface area contributed by atoms with Crippen molar-refractivity contribution in [2.24, 2.45) is 0 Å². The summed E-state index contributed by atoms with van der Waals surface area (Å²) in [5.41, 5.74) is 2.91. The zero-order chi connectivity index (χ0) is 23.0. The number of hydrogen-bond acceptors (Lipinski definition) is 5. The molecule has 3 aromatic rings. The molecule has 0 radical (unpaired) electrons. The van der Waals surface area contributed by atoms with E-state index in [0.717, 1.165) is 12.0 Å². The van der Waals surface area contributed by atoms with Gasteiger partial charge in [-0.15, -0.1) is 24.8 Å². The van der Waals surface area contributed by atoms with E-state index in [-0.39, 0.29) is 54.1 Å². The standard InChI is InChI=1S/C24H25FN4O3S.2ClH/c25-18-4-6-21(7-5-18)29-15-20(14-26-29)28-24(30)17-3-1-2-16(12-17)22-13-23(22)27-19-8-10-33(31,32)11-9-19;;/h1-7,12,14-15,19,22-23,27H,8-11,13H2,(H,28,30);2*1H/t22-,23+;;/m0../s1. The molecule has 7 nitrogen and oxygen atoms in total. The first-order valence-electron chi connectivity index (χ1n) is 11.0. The van der Waals surface area contributed by atoms with Crippen LogP contribution in [0.1, 0.15) is 41.1 Å². The minimum atomic E-state index is -2.86. The molecule has 1 aromatic heterocycles. The Balaban J connectivity index is 0.00000171. The van der Waals surface area contributed by atoms with E-state index >= 15 is 0 Å². The van der Waals surface area contributed by atoms with Crippen molar-refractivity contribution >= 4 is 46.2 Å². The Labute approximate surface area is 216 Å². The van der Waals surface area contributed by atoms with Gasteiger partial charge in [0.15, 0.2) is 0 Å². The minimum Gasteiger partial charge on any atom is -0.319 e. The molecule has 188 valence electrons. The number of aromatic nitrogens is 2. The average molecular weight is 541 g/mol. The van der Waals surface area contributed by atoms with Crippen LogP contribution in [0.25, 0.3) is 5.69 Å². The number of benzene rings is 2. The quantitative estimate of drug-likeness (QED) is 0.490. The van der Waals surface area contributed by atoms with Gasteiger partial charge < -0.3 is 10.6 Å². The minimum absolute atomic E-state index is 0. The molecular weight excluding hydrogens is 514 g/mol. The summed E-state index contributed by atoms with van der Waals surface area (Å²) in [6.45, 7) is 0. The Bertz CT molecular complexity index is 1270. The van der Waals surface area contributed by atoms with E-state index in [4.69, 9.17) is 0 Å². The van der Waals surface area contributed by atoms with Gasteiger partial charge in [0.25, 0.3) is 5.91 Å². The Morgan fingerprint density at radius 3 is 2.49 bits per heavy atom. The summed E-state index contributed by atoms with van der Waals surface area (Å²) in [5, 5.41) is 10.7. The number of nitrogens with one attached hydrogen (secondary N) is 2. The molecule has 0 bridgehead atoms. The second kappa shape index (κ2) is 11.1. The number of sulfone groups is 1. The maximum Gasteiger partial charge on any atom is 0.255 e. The normalized spacial score (nSPS) is 20.8. The van der Waals surface area contributed by atoms with Gasteiger partial charge in [-0.3, -0.25) is 4.79 Å². The van der Waals surface area contributed by atoms with E-state index in [9.17, 15) is 17.6 Å². The summed E-state index contributed by atoms with van der Waals surface area (Å²) in [5.74, 6) is 0.306. The number of nitrogens with zero attached hydrogens (tertiary/aromatic N) is 2. The molecule has 11 heteroatoms. The van der Waals surface area contributed by atoms with Crippen LogP contribution in [-0.2, 0) is 9.84 Å². The van der Waals surface area contributed by atoms with Gasteiger partial charge >= 0.3 is 0 Å². The molecule has 2 fully saturated rings. The highest BCUT2D eigenvalue weighted by Gasteiger charge is 2.40. The van der Waals surface area contributed by atoms with E-state index in [1.807, 2.05) is 18.2 Å². The largest absolute Gasteiger partial charge is 0.319 e. The van der Waals surface area contributed by atoms with Gasteiger partial charge in [0.2, 0.25) is 0 Å². The summed E-state index contributed by atoms with van der Waals surface area (Å²) in [7, 11) is -2.86. The zero-order valence-corrected chi connectivity index (χ0v) is 21.2. The highest BCUT2D eigenvalue weighted by atomic mass is 35.5. The molecule has 2 heterocycles. The Morgan fingerprint density at radius 1 is 1.06 bits per heavy atom. The first kappa shape index (κ1) is 27.1. The zero-order valence-electron chi connectivity index (χ0n) is 18.8. The molecule has 35 heavy (non-hydrogen) atoms. The van der Waals surface area contributed by atoms with Gasteiger partial charge in [-0.1, -0.05) is 12.1 Å². The number of anilines is 1. The Morgan fingerprint density at radius 2 is 1.77 bits per heavy atom. The highest BCUT2D eigenvalue weighted by molar-refractivity contribution is 7.91. The molecule has 1 saturated carbocycles.